The molecule has 0 aromatic heterocycles. The second kappa shape index (κ2) is 5.08. The Bertz CT molecular complexity index is 307. The number of ether oxygens (including phenoxy) is 1. The Morgan fingerprint density at radius 1 is 1.28 bits per heavy atom. The van der Waals surface area contributed by atoms with Gasteiger partial charge < -0.3 is 15.4 Å². The maximum atomic E-state index is 12.3. The lowest BCUT2D eigenvalue weighted by Gasteiger charge is -2.33. The van der Waals surface area contributed by atoms with Crippen molar-refractivity contribution in [3.8, 4) is 0 Å². The third-order valence-electron chi connectivity index (χ3n) is 3.71. The summed E-state index contributed by atoms with van der Waals surface area (Å²) in [6.45, 7) is 6.56. The highest BCUT2D eigenvalue weighted by Gasteiger charge is 2.38. The molecular formula is C14H26N2O2. The van der Waals surface area contributed by atoms with E-state index in [4.69, 9.17) is 10.5 Å². The van der Waals surface area contributed by atoms with Gasteiger partial charge in [0.05, 0.1) is 6.04 Å². The Hall–Kier alpha value is -0.770. The minimum atomic E-state index is -0.429. The summed E-state index contributed by atoms with van der Waals surface area (Å²) < 4.78 is 5.52. The summed E-state index contributed by atoms with van der Waals surface area (Å²) >= 11 is 0. The molecule has 1 amide bonds. The van der Waals surface area contributed by atoms with Crippen LogP contribution in [0.25, 0.3) is 0 Å². The molecule has 0 saturated heterocycles. The monoisotopic (exact) mass is 254 g/mol. The van der Waals surface area contributed by atoms with Gasteiger partial charge in [-0.2, -0.15) is 0 Å². The van der Waals surface area contributed by atoms with Crippen LogP contribution in [0.4, 0.5) is 4.79 Å². The molecule has 2 aliphatic rings. The van der Waals surface area contributed by atoms with E-state index in [9.17, 15) is 4.79 Å². The first-order valence-electron chi connectivity index (χ1n) is 7.12. The van der Waals surface area contributed by atoms with Gasteiger partial charge in [-0.3, -0.25) is 0 Å². The van der Waals surface area contributed by atoms with Gasteiger partial charge in [0, 0.05) is 12.6 Å². The molecular weight excluding hydrogens is 228 g/mol. The molecule has 0 spiro atoms. The summed E-state index contributed by atoms with van der Waals surface area (Å²) in [5, 5.41) is 0. The van der Waals surface area contributed by atoms with Crippen molar-refractivity contribution in [2.24, 2.45) is 11.7 Å². The van der Waals surface area contributed by atoms with E-state index in [1.807, 2.05) is 25.7 Å². The molecule has 0 radical (unpaired) electrons. The van der Waals surface area contributed by atoms with Crippen LogP contribution in [0.3, 0.4) is 0 Å². The van der Waals surface area contributed by atoms with Crippen LogP contribution in [0.5, 0.6) is 0 Å². The standard InChI is InChI=1S/C14H26N2O2/c1-14(2,3)18-13(17)16(9-10-7-8-10)12-6-4-5-11(12)15/h10-12H,4-9,15H2,1-3H3. The number of carbonyl (C=O) groups is 1. The zero-order chi connectivity index (χ0) is 13.3. The fourth-order valence-electron chi connectivity index (χ4n) is 2.60. The molecule has 2 fully saturated rings. The smallest absolute Gasteiger partial charge is 0.410 e. The van der Waals surface area contributed by atoms with E-state index in [-0.39, 0.29) is 18.2 Å². The van der Waals surface area contributed by atoms with Crippen molar-refractivity contribution in [2.45, 2.75) is 70.6 Å². The van der Waals surface area contributed by atoms with Crippen LogP contribution < -0.4 is 5.73 Å². The van der Waals surface area contributed by atoms with Crippen LogP contribution in [0.1, 0.15) is 52.9 Å². The van der Waals surface area contributed by atoms with Gasteiger partial charge in [-0.15, -0.1) is 0 Å². The van der Waals surface area contributed by atoms with Crippen LogP contribution in [-0.4, -0.2) is 35.2 Å². The first-order valence-corrected chi connectivity index (χ1v) is 7.12. The van der Waals surface area contributed by atoms with E-state index in [2.05, 4.69) is 0 Å². The average molecular weight is 254 g/mol. The van der Waals surface area contributed by atoms with Crippen LogP contribution in [-0.2, 0) is 4.74 Å². The first-order chi connectivity index (χ1) is 8.37. The zero-order valence-electron chi connectivity index (χ0n) is 11.8. The van der Waals surface area contributed by atoms with Gasteiger partial charge >= 0.3 is 6.09 Å². The Kier molecular flexibility index (Phi) is 3.85. The molecule has 18 heavy (non-hydrogen) atoms. The van der Waals surface area contributed by atoms with Crippen molar-refractivity contribution in [1.29, 1.82) is 0 Å². The van der Waals surface area contributed by atoms with Gasteiger partial charge in [0.2, 0.25) is 0 Å². The summed E-state index contributed by atoms with van der Waals surface area (Å²) in [6.07, 6.45) is 5.46. The van der Waals surface area contributed by atoms with E-state index >= 15 is 0 Å². The largest absolute Gasteiger partial charge is 0.444 e. The van der Waals surface area contributed by atoms with Gasteiger partial charge in [0.15, 0.2) is 0 Å². The molecule has 0 aliphatic heterocycles. The molecule has 2 aliphatic carbocycles. The highest BCUT2D eigenvalue weighted by molar-refractivity contribution is 5.68. The third kappa shape index (κ3) is 3.61. The number of hydrogen-bond donors (Lipinski definition) is 1. The van der Waals surface area contributed by atoms with Crippen molar-refractivity contribution in [1.82, 2.24) is 4.90 Å². The molecule has 0 bridgehead atoms. The predicted octanol–water partition coefficient (Wildman–Crippen LogP) is 2.51. The molecule has 2 saturated carbocycles. The molecule has 0 aromatic rings. The third-order valence-corrected chi connectivity index (χ3v) is 3.71. The Labute approximate surface area is 110 Å². The minimum Gasteiger partial charge on any atom is -0.444 e. The molecule has 4 nitrogen and oxygen atoms in total. The fraction of sp³-hybridized carbons (Fsp3) is 0.929. The predicted molar refractivity (Wildman–Crippen MR) is 71.3 cm³/mol. The van der Waals surface area contributed by atoms with Crippen LogP contribution in [0.2, 0.25) is 0 Å². The Morgan fingerprint density at radius 3 is 2.39 bits per heavy atom. The highest BCUT2D eigenvalue weighted by Crippen LogP contribution is 2.33. The first kappa shape index (κ1) is 13.7. The Balaban J connectivity index is 2.01. The van der Waals surface area contributed by atoms with E-state index in [1.54, 1.807) is 0 Å². The molecule has 2 rings (SSSR count). The van der Waals surface area contributed by atoms with E-state index in [1.165, 1.54) is 12.8 Å². The number of nitrogens with two attached hydrogens (primary N) is 1. The topological polar surface area (TPSA) is 55.6 Å². The second-order valence-corrected chi connectivity index (χ2v) is 6.74. The van der Waals surface area contributed by atoms with E-state index in [0.717, 1.165) is 25.8 Å². The van der Waals surface area contributed by atoms with Crippen molar-refractivity contribution in [3.05, 3.63) is 0 Å². The fourth-order valence-corrected chi connectivity index (χ4v) is 2.60. The summed E-state index contributed by atoms with van der Waals surface area (Å²) in [7, 11) is 0. The highest BCUT2D eigenvalue weighted by atomic mass is 16.6. The van der Waals surface area contributed by atoms with Crippen LogP contribution >= 0.6 is 0 Å². The molecule has 0 aromatic carbocycles. The van der Waals surface area contributed by atoms with E-state index < -0.39 is 5.60 Å². The maximum Gasteiger partial charge on any atom is 0.410 e. The maximum absolute atomic E-state index is 12.3. The lowest BCUT2D eigenvalue weighted by atomic mass is 10.1. The number of hydrogen-bond acceptors (Lipinski definition) is 3. The quantitative estimate of drug-likeness (QED) is 0.842. The van der Waals surface area contributed by atoms with Crippen molar-refractivity contribution >= 4 is 6.09 Å². The van der Waals surface area contributed by atoms with Crippen LogP contribution in [0, 0.1) is 5.92 Å². The lowest BCUT2D eigenvalue weighted by Crippen LogP contribution is -2.50. The normalized spacial score (nSPS) is 28.2. The summed E-state index contributed by atoms with van der Waals surface area (Å²) in [4.78, 5) is 14.2. The molecule has 2 atom stereocenters. The Morgan fingerprint density at radius 2 is 1.94 bits per heavy atom. The van der Waals surface area contributed by atoms with Gasteiger partial charge in [0.1, 0.15) is 5.60 Å². The zero-order valence-corrected chi connectivity index (χ0v) is 11.8. The van der Waals surface area contributed by atoms with Gasteiger partial charge in [-0.1, -0.05) is 0 Å². The van der Waals surface area contributed by atoms with Gasteiger partial charge in [-0.25, -0.2) is 4.79 Å². The SMILES string of the molecule is CC(C)(C)OC(=O)N(CC1CC1)C1CCCC1N. The average Bonchev–Trinajstić information content (AvgIpc) is 2.95. The molecule has 2 N–H and O–H groups in total. The molecule has 104 valence electrons. The summed E-state index contributed by atoms with van der Waals surface area (Å²) in [5.41, 5.74) is 5.70. The molecule has 2 unspecified atom stereocenters. The van der Waals surface area contributed by atoms with Crippen molar-refractivity contribution in [3.63, 3.8) is 0 Å². The summed E-state index contributed by atoms with van der Waals surface area (Å²) in [5.74, 6) is 0.672. The summed E-state index contributed by atoms with van der Waals surface area (Å²) in [6, 6.07) is 0.303. The number of amides is 1. The number of nitrogens with zero attached hydrogens (tertiary/aromatic N) is 1. The number of rotatable bonds is 3. The van der Waals surface area contributed by atoms with Gasteiger partial charge in [0.25, 0.3) is 0 Å². The van der Waals surface area contributed by atoms with Crippen LogP contribution in [0.15, 0.2) is 0 Å². The molecule has 4 heteroatoms. The minimum absolute atomic E-state index is 0.122. The number of carbonyl (C=O) groups excluding carboxylic acids is 1. The lowest BCUT2D eigenvalue weighted by molar-refractivity contribution is 0.0139. The van der Waals surface area contributed by atoms with Crippen molar-refractivity contribution in [2.75, 3.05) is 6.54 Å². The molecule has 0 heterocycles. The van der Waals surface area contributed by atoms with Gasteiger partial charge in [-0.05, 0) is 58.8 Å². The second-order valence-electron chi connectivity index (χ2n) is 6.74. The van der Waals surface area contributed by atoms with E-state index in [0.29, 0.717) is 5.92 Å². The van der Waals surface area contributed by atoms with Crippen molar-refractivity contribution < 1.29 is 9.53 Å².